The first kappa shape index (κ1) is 10.8. The van der Waals surface area contributed by atoms with E-state index in [0.717, 1.165) is 31.5 Å². The van der Waals surface area contributed by atoms with Gasteiger partial charge < -0.3 is 5.32 Å². The van der Waals surface area contributed by atoms with E-state index in [2.05, 4.69) is 10.3 Å². The highest BCUT2D eigenvalue weighted by atomic mass is 32.2. The van der Waals surface area contributed by atoms with Crippen LogP contribution in [-0.2, 0) is 10.8 Å². The monoisotopic (exact) mass is 224 g/mol. The van der Waals surface area contributed by atoms with Crippen LogP contribution in [0.1, 0.15) is 18.4 Å². The van der Waals surface area contributed by atoms with Gasteiger partial charge in [-0.15, -0.1) is 0 Å². The van der Waals surface area contributed by atoms with Gasteiger partial charge in [0, 0.05) is 12.7 Å². The number of nitrogens with zero attached hydrogens (tertiary/aromatic N) is 1. The van der Waals surface area contributed by atoms with Crippen molar-refractivity contribution in [2.24, 2.45) is 0 Å². The van der Waals surface area contributed by atoms with E-state index in [4.69, 9.17) is 0 Å². The van der Waals surface area contributed by atoms with Gasteiger partial charge in [-0.3, -0.25) is 4.21 Å². The Kier molecular flexibility index (Phi) is 3.49. The fourth-order valence-corrected chi connectivity index (χ4v) is 3.10. The largest absolute Gasteiger partial charge is 0.316 e. The van der Waals surface area contributed by atoms with E-state index in [1.807, 2.05) is 19.1 Å². The molecule has 1 aromatic heterocycles. The number of aromatic nitrogens is 1. The zero-order valence-corrected chi connectivity index (χ0v) is 9.72. The van der Waals surface area contributed by atoms with Gasteiger partial charge in [-0.05, 0) is 37.9 Å². The summed E-state index contributed by atoms with van der Waals surface area (Å²) in [6, 6.07) is 3.84. The van der Waals surface area contributed by atoms with Crippen LogP contribution in [0, 0.1) is 6.92 Å². The Morgan fingerprint density at radius 2 is 2.40 bits per heavy atom. The smallest absolute Gasteiger partial charge is 0.127 e. The van der Waals surface area contributed by atoms with Crippen LogP contribution < -0.4 is 5.32 Å². The maximum absolute atomic E-state index is 12.1. The minimum absolute atomic E-state index is 0.231. The second-order valence-corrected chi connectivity index (χ2v) is 5.62. The molecule has 0 amide bonds. The lowest BCUT2D eigenvalue weighted by Crippen LogP contribution is -2.36. The quantitative estimate of drug-likeness (QED) is 0.822. The van der Waals surface area contributed by atoms with Crippen molar-refractivity contribution in [3.63, 3.8) is 0 Å². The Hall–Kier alpha value is -0.740. The van der Waals surface area contributed by atoms with Crippen LogP contribution in [0.2, 0.25) is 0 Å². The lowest BCUT2D eigenvalue weighted by Gasteiger charge is -2.21. The van der Waals surface area contributed by atoms with E-state index in [0.29, 0.717) is 5.03 Å². The molecule has 3 nitrogen and oxygen atoms in total. The third kappa shape index (κ3) is 2.63. The molecule has 1 N–H and O–H groups in total. The number of hydrogen-bond donors (Lipinski definition) is 1. The lowest BCUT2D eigenvalue weighted by atomic mass is 10.2. The molecule has 1 saturated heterocycles. The second-order valence-electron chi connectivity index (χ2n) is 3.94. The van der Waals surface area contributed by atoms with Gasteiger partial charge in [0.1, 0.15) is 5.03 Å². The van der Waals surface area contributed by atoms with Crippen LogP contribution in [0.3, 0.4) is 0 Å². The molecule has 2 atom stereocenters. The van der Waals surface area contributed by atoms with Crippen molar-refractivity contribution >= 4 is 10.8 Å². The SMILES string of the molecule is Cc1ccc([S@](=O)[C@@H]2CCCNC2)nc1. The van der Waals surface area contributed by atoms with Crippen LogP contribution >= 0.6 is 0 Å². The highest BCUT2D eigenvalue weighted by Gasteiger charge is 2.21. The first-order valence-electron chi connectivity index (χ1n) is 5.31. The molecule has 0 bridgehead atoms. The van der Waals surface area contributed by atoms with Gasteiger partial charge in [0.2, 0.25) is 0 Å². The van der Waals surface area contributed by atoms with Crippen LogP contribution in [-0.4, -0.2) is 27.5 Å². The molecule has 0 unspecified atom stereocenters. The fourth-order valence-electron chi connectivity index (χ4n) is 1.75. The molecule has 1 aliphatic rings. The molecule has 15 heavy (non-hydrogen) atoms. The zero-order valence-electron chi connectivity index (χ0n) is 8.90. The Morgan fingerprint density at radius 1 is 1.53 bits per heavy atom. The molecule has 2 heterocycles. The summed E-state index contributed by atoms with van der Waals surface area (Å²) in [4.78, 5) is 4.23. The molecule has 0 aromatic carbocycles. The molecular weight excluding hydrogens is 208 g/mol. The summed E-state index contributed by atoms with van der Waals surface area (Å²) in [5.74, 6) is 0. The normalized spacial score (nSPS) is 23.7. The van der Waals surface area contributed by atoms with E-state index >= 15 is 0 Å². The molecule has 0 spiro atoms. The first-order valence-corrected chi connectivity index (χ1v) is 6.52. The van der Waals surface area contributed by atoms with Gasteiger partial charge in [-0.1, -0.05) is 6.07 Å². The van der Waals surface area contributed by atoms with Gasteiger partial charge in [0.25, 0.3) is 0 Å². The van der Waals surface area contributed by atoms with Crippen molar-refractivity contribution in [3.8, 4) is 0 Å². The second kappa shape index (κ2) is 4.86. The van der Waals surface area contributed by atoms with Crippen LogP contribution in [0.5, 0.6) is 0 Å². The number of piperidine rings is 1. The van der Waals surface area contributed by atoms with Gasteiger partial charge in [-0.25, -0.2) is 4.98 Å². The third-order valence-corrected chi connectivity index (χ3v) is 4.31. The molecule has 0 aliphatic carbocycles. The predicted molar refractivity (Wildman–Crippen MR) is 61.3 cm³/mol. The van der Waals surface area contributed by atoms with Crippen molar-refractivity contribution < 1.29 is 4.21 Å². The molecule has 0 radical (unpaired) electrons. The third-order valence-electron chi connectivity index (χ3n) is 2.64. The van der Waals surface area contributed by atoms with E-state index in [1.165, 1.54) is 0 Å². The summed E-state index contributed by atoms with van der Waals surface area (Å²) in [6.45, 7) is 3.89. The zero-order chi connectivity index (χ0) is 10.7. The minimum Gasteiger partial charge on any atom is -0.316 e. The molecule has 2 rings (SSSR count). The number of aryl methyl sites for hydroxylation is 1. The van der Waals surface area contributed by atoms with E-state index < -0.39 is 10.8 Å². The van der Waals surface area contributed by atoms with E-state index in [1.54, 1.807) is 6.20 Å². The summed E-state index contributed by atoms with van der Waals surface area (Å²) in [5.41, 5.74) is 1.11. The number of rotatable bonds is 2. The van der Waals surface area contributed by atoms with E-state index in [-0.39, 0.29) is 5.25 Å². The van der Waals surface area contributed by atoms with Crippen molar-refractivity contribution in [1.82, 2.24) is 10.3 Å². The number of nitrogens with one attached hydrogen (secondary N) is 1. The Balaban J connectivity index is 2.09. The number of pyridine rings is 1. The molecule has 1 aliphatic heterocycles. The topological polar surface area (TPSA) is 42.0 Å². The molecule has 1 fully saturated rings. The highest BCUT2D eigenvalue weighted by Crippen LogP contribution is 2.15. The first-order chi connectivity index (χ1) is 7.27. The van der Waals surface area contributed by atoms with Crippen LogP contribution in [0.15, 0.2) is 23.4 Å². The molecule has 0 saturated carbocycles. The predicted octanol–water partition coefficient (Wildman–Crippen LogP) is 1.25. The lowest BCUT2D eigenvalue weighted by molar-refractivity contribution is 0.519. The molecule has 4 heteroatoms. The minimum atomic E-state index is -0.952. The number of hydrogen-bond acceptors (Lipinski definition) is 3. The van der Waals surface area contributed by atoms with Crippen molar-refractivity contribution in [1.29, 1.82) is 0 Å². The Labute approximate surface area is 92.8 Å². The maximum atomic E-state index is 12.1. The molecule has 82 valence electrons. The van der Waals surface area contributed by atoms with Crippen LogP contribution in [0.25, 0.3) is 0 Å². The molecule has 1 aromatic rings. The standard InChI is InChI=1S/C11H16N2OS/c1-9-4-5-11(13-7-9)15(14)10-3-2-6-12-8-10/h4-5,7,10,12H,2-3,6,8H2,1H3/t10-,15-/m1/s1. The summed E-state index contributed by atoms with van der Waals surface area (Å²) >= 11 is 0. The maximum Gasteiger partial charge on any atom is 0.127 e. The van der Waals surface area contributed by atoms with Crippen molar-refractivity contribution in [2.75, 3.05) is 13.1 Å². The Morgan fingerprint density at radius 3 is 3.00 bits per heavy atom. The van der Waals surface area contributed by atoms with Gasteiger partial charge in [-0.2, -0.15) is 0 Å². The summed E-state index contributed by atoms with van der Waals surface area (Å²) < 4.78 is 12.1. The summed E-state index contributed by atoms with van der Waals surface area (Å²) in [5, 5.41) is 4.22. The fraction of sp³-hybridized carbons (Fsp3) is 0.545. The average molecular weight is 224 g/mol. The van der Waals surface area contributed by atoms with E-state index in [9.17, 15) is 4.21 Å². The van der Waals surface area contributed by atoms with Gasteiger partial charge >= 0.3 is 0 Å². The molecular formula is C11H16N2OS. The van der Waals surface area contributed by atoms with Crippen molar-refractivity contribution in [3.05, 3.63) is 23.9 Å². The van der Waals surface area contributed by atoms with Gasteiger partial charge in [0.05, 0.1) is 16.0 Å². The van der Waals surface area contributed by atoms with Crippen LogP contribution in [0.4, 0.5) is 0 Å². The summed E-state index contributed by atoms with van der Waals surface area (Å²) in [7, 11) is -0.952. The van der Waals surface area contributed by atoms with Gasteiger partial charge in [0.15, 0.2) is 0 Å². The Bertz CT molecular complexity index is 344. The summed E-state index contributed by atoms with van der Waals surface area (Å²) in [6.07, 6.45) is 3.93. The highest BCUT2D eigenvalue weighted by molar-refractivity contribution is 7.85. The van der Waals surface area contributed by atoms with Crippen molar-refractivity contribution in [2.45, 2.75) is 30.0 Å². The average Bonchev–Trinajstić information content (AvgIpc) is 2.30.